The van der Waals surface area contributed by atoms with E-state index in [-0.39, 0.29) is 17.9 Å². The number of pyridine rings is 1. The summed E-state index contributed by atoms with van der Waals surface area (Å²) >= 11 is 0. The van der Waals surface area contributed by atoms with Crippen LogP contribution in [0.5, 0.6) is 0 Å². The predicted octanol–water partition coefficient (Wildman–Crippen LogP) is 1.82. The molecule has 0 radical (unpaired) electrons. The molecule has 0 aromatic carbocycles. The number of aromatic nitrogens is 3. The molecule has 2 fully saturated rings. The number of carbonyl (C=O) groups excluding carboxylic acids is 1. The molecule has 2 saturated carbocycles. The van der Waals surface area contributed by atoms with Gasteiger partial charge in [-0.15, -0.1) is 10.2 Å². The Labute approximate surface area is 129 Å². The maximum atomic E-state index is 12.6. The van der Waals surface area contributed by atoms with Gasteiger partial charge in [0.2, 0.25) is 11.9 Å². The summed E-state index contributed by atoms with van der Waals surface area (Å²) in [5, 5.41) is 11.1. The molecule has 2 aliphatic carbocycles. The number of anilines is 1. The molecule has 4 rings (SSSR count). The Bertz CT molecular complexity index is 683. The molecule has 2 aromatic rings. The molecule has 2 bridgehead atoms. The number of fused-ring (bicyclic) bond motifs is 3. The van der Waals surface area contributed by atoms with Crippen LogP contribution in [0.2, 0.25) is 0 Å². The van der Waals surface area contributed by atoms with Crippen molar-refractivity contribution < 1.29 is 4.79 Å². The third kappa shape index (κ3) is 2.27. The minimum Gasteiger partial charge on any atom is -0.327 e. The Kier molecular flexibility index (Phi) is 3.33. The monoisotopic (exact) mass is 299 g/mol. The second kappa shape index (κ2) is 5.35. The lowest BCUT2D eigenvalue weighted by Gasteiger charge is -2.43. The van der Waals surface area contributed by atoms with Crippen molar-refractivity contribution in [3.8, 4) is 0 Å². The van der Waals surface area contributed by atoms with Crippen LogP contribution in [0.25, 0.3) is 5.65 Å². The number of nitrogens with two attached hydrogens (primary N) is 1. The molecule has 116 valence electrons. The van der Waals surface area contributed by atoms with Crippen LogP contribution in [0, 0.1) is 17.8 Å². The zero-order chi connectivity index (χ0) is 15.1. The molecule has 0 aliphatic heterocycles. The Morgan fingerprint density at radius 1 is 1.23 bits per heavy atom. The highest BCUT2D eigenvalue weighted by Gasteiger charge is 2.40. The maximum Gasteiger partial charge on any atom is 0.235 e. The van der Waals surface area contributed by atoms with Crippen LogP contribution in [-0.4, -0.2) is 26.5 Å². The Morgan fingerprint density at radius 2 is 2.00 bits per heavy atom. The molecule has 6 heteroatoms. The molecule has 1 amide bonds. The number of nitrogens with one attached hydrogen (secondary N) is 1. The first-order valence-corrected chi connectivity index (χ1v) is 8.08. The smallest absolute Gasteiger partial charge is 0.235 e. The van der Waals surface area contributed by atoms with Gasteiger partial charge in [-0.2, -0.15) is 0 Å². The van der Waals surface area contributed by atoms with Gasteiger partial charge in [-0.05, 0) is 49.7 Å². The highest BCUT2D eigenvalue weighted by molar-refractivity contribution is 5.91. The zero-order valence-electron chi connectivity index (χ0n) is 12.5. The van der Waals surface area contributed by atoms with Crippen molar-refractivity contribution >= 4 is 17.5 Å². The van der Waals surface area contributed by atoms with E-state index < -0.39 is 0 Å². The summed E-state index contributed by atoms with van der Waals surface area (Å²) in [6.07, 6.45) is 7.24. The summed E-state index contributed by atoms with van der Waals surface area (Å²) in [4.78, 5) is 12.6. The van der Waals surface area contributed by atoms with E-state index in [1.807, 2.05) is 24.4 Å². The van der Waals surface area contributed by atoms with Gasteiger partial charge in [-0.3, -0.25) is 14.5 Å². The molecule has 2 aliphatic rings. The van der Waals surface area contributed by atoms with Crippen LogP contribution in [0.1, 0.15) is 32.1 Å². The molecule has 2 atom stereocenters. The number of hydrogen-bond donors (Lipinski definition) is 2. The molecular formula is C16H21N5O. The van der Waals surface area contributed by atoms with Crippen LogP contribution in [-0.2, 0) is 4.79 Å². The molecule has 0 saturated heterocycles. The molecule has 2 unspecified atom stereocenters. The van der Waals surface area contributed by atoms with E-state index in [4.69, 9.17) is 5.73 Å². The predicted molar refractivity (Wildman–Crippen MR) is 83.1 cm³/mol. The summed E-state index contributed by atoms with van der Waals surface area (Å²) < 4.78 is 1.80. The fourth-order valence-corrected chi connectivity index (χ4v) is 4.14. The quantitative estimate of drug-likeness (QED) is 0.885. The van der Waals surface area contributed by atoms with Gasteiger partial charge in [0.05, 0.1) is 0 Å². The lowest BCUT2D eigenvalue weighted by Crippen LogP contribution is -2.48. The summed E-state index contributed by atoms with van der Waals surface area (Å²) in [7, 11) is 0. The number of nitrogens with zero attached hydrogens (tertiary/aromatic N) is 3. The summed E-state index contributed by atoms with van der Waals surface area (Å²) in [6, 6.07) is 5.95. The first-order valence-electron chi connectivity index (χ1n) is 8.08. The van der Waals surface area contributed by atoms with Crippen molar-refractivity contribution in [1.82, 2.24) is 14.6 Å². The number of rotatable bonds is 2. The van der Waals surface area contributed by atoms with Crippen molar-refractivity contribution in [2.75, 3.05) is 5.32 Å². The van der Waals surface area contributed by atoms with Gasteiger partial charge in [-0.1, -0.05) is 12.5 Å². The molecule has 22 heavy (non-hydrogen) atoms. The Hall–Kier alpha value is -1.95. The van der Waals surface area contributed by atoms with Gasteiger partial charge in [0, 0.05) is 18.2 Å². The second-order valence-corrected chi connectivity index (χ2v) is 6.64. The van der Waals surface area contributed by atoms with Crippen LogP contribution in [0.4, 0.5) is 5.95 Å². The highest BCUT2D eigenvalue weighted by Crippen LogP contribution is 2.42. The van der Waals surface area contributed by atoms with Gasteiger partial charge in [0.15, 0.2) is 5.65 Å². The molecular weight excluding hydrogens is 278 g/mol. The van der Waals surface area contributed by atoms with E-state index >= 15 is 0 Å². The second-order valence-electron chi connectivity index (χ2n) is 6.64. The molecule has 6 nitrogen and oxygen atoms in total. The van der Waals surface area contributed by atoms with Crippen LogP contribution < -0.4 is 11.1 Å². The molecule has 2 aromatic heterocycles. The fraction of sp³-hybridized carbons (Fsp3) is 0.562. The summed E-state index contributed by atoms with van der Waals surface area (Å²) in [6.45, 7) is 0. The Balaban J connectivity index is 1.50. The topological polar surface area (TPSA) is 85.3 Å². The SMILES string of the molecule is NC1C2CCCC1CC(C(=O)Nc1nnc3ccccn13)C2. The van der Waals surface area contributed by atoms with Gasteiger partial charge in [-0.25, -0.2) is 0 Å². The van der Waals surface area contributed by atoms with E-state index in [1.165, 1.54) is 6.42 Å². The van der Waals surface area contributed by atoms with Crippen LogP contribution >= 0.6 is 0 Å². The minimum atomic E-state index is 0.0474. The van der Waals surface area contributed by atoms with Crippen molar-refractivity contribution in [3.63, 3.8) is 0 Å². The van der Waals surface area contributed by atoms with E-state index in [0.717, 1.165) is 31.3 Å². The van der Waals surface area contributed by atoms with Gasteiger partial charge in [0.1, 0.15) is 0 Å². The third-order valence-corrected chi connectivity index (χ3v) is 5.33. The third-order valence-electron chi connectivity index (χ3n) is 5.33. The summed E-state index contributed by atoms with van der Waals surface area (Å²) in [5.41, 5.74) is 7.04. The fourth-order valence-electron chi connectivity index (χ4n) is 4.14. The van der Waals surface area contributed by atoms with Gasteiger partial charge in [0.25, 0.3) is 0 Å². The van der Waals surface area contributed by atoms with E-state index in [9.17, 15) is 4.79 Å². The lowest BCUT2D eigenvalue weighted by molar-refractivity contribution is -0.122. The molecule has 3 N–H and O–H groups in total. The average Bonchev–Trinajstić information content (AvgIpc) is 2.90. The van der Waals surface area contributed by atoms with Crippen molar-refractivity contribution in [2.24, 2.45) is 23.5 Å². The van der Waals surface area contributed by atoms with E-state index in [0.29, 0.717) is 17.8 Å². The van der Waals surface area contributed by atoms with E-state index in [1.54, 1.807) is 4.40 Å². The van der Waals surface area contributed by atoms with Crippen molar-refractivity contribution in [1.29, 1.82) is 0 Å². The number of amides is 1. The first-order chi connectivity index (χ1) is 10.7. The lowest BCUT2D eigenvalue weighted by atomic mass is 9.65. The van der Waals surface area contributed by atoms with Gasteiger partial charge >= 0.3 is 0 Å². The maximum absolute atomic E-state index is 12.6. The largest absolute Gasteiger partial charge is 0.327 e. The van der Waals surface area contributed by atoms with Crippen molar-refractivity contribution in [3.05, 3.63) is 24.4 Å². The zero-order valence-corrected chi connectivity index (χ0v) is 12.5. The number of hydrogen-bond acceptors (Lipinski definition) is 4. The summed E-state index contributed by atoms with van der Waals surface area (Å²) in [5.74, 6) is 1.60. The minimum absolute atomic E-state index is 0.0474. The first kappa shape index (κ1) is 13.7. The number of carbonyl (C=O) groups is 1. The Morgan fingerprint density at radius 3 is 2.77 bits per heavy atom. The average molecular weight is 299 g/mol. The molecule has 0 spiro atoms. The van der Waals surface area contributed by atoms with Gasteiger partial charge < -0.3 is 5.73 Å². The molecule has 2 heterocycles. The van der Waals surface area contributed by atoms with Crippen LogP contribution in [0.3, 0.4) is 0 Å². The highest BCUT2D eigenvalue weighted by atomic mass is 16.2. The van der Waals surface area contributed by atoms with Crippen LogP contribution in [0.15, 0.2) is 24.4 Å². The normalized spacial score (nSPS) is 31.1. The standard InChI is InChI=1S/C16H21N5O/c17-14-10-4-3-5-11(14)9-12(8-10)15(22)18-16-20-19-13-6-1-2-7-21(13)16/h1-2,6-7,10-12,14H,3-5,8-9,17H2,(H,18,20,22). The van der Waals surface area contributed by atoms with Crippen molar-refractivity contribution in [2.45, 2.75) is 38.1 Å². The van der Waals surface area contributed by atoms with E-state index in [2.05, 4.69) is 15.5 Å².